The number of halogens is 1. The maximum atomic E-state index is 6.09. The molecule has 0 amide bonds. The summed E-state index contributed by atoms with van der Waals surface area (Å²) in [6.07, 6.45) is 2.75. The van der Waals surface area contributed by atoms with E-state index < -0.39 is 0 Å². The zero-order valence-corrected chi connectivity index (χ0v) is 18.6. The van der Waals surface area contributed by atoms with Crippen molar-refractivity contribution < 1.29 is 9.47 Å². The molecule has 0 radical (unpaired) electrons. The highest BCUT2D eigenvalue weighted by Crippen LogP contribution is 2.23. The third-order valence-corrected chi connectivity index (χ3v) is 4.82. The molecule has 0 aliphatic rings. The molecule has 0 bridgehead atoms. The lowest BCUT2D eigenvalue weighted by atomic mass is 9.99. The Morgan fingerprint density at radius 2 is 1.86 bits per heavy atom. The Morgan fingerprint density at radius 3 is 2.55 bits per heavy atom. The van der Waals surface area contributed by atoms with Crippen molar-refractivity contribution in [1.82, 2.24) is 10.7 Å². The first kappa shape index (κ1) is 23.0. The standard InChI is InChI=1S/C22H28ClN3O2S/c1-4-16(3)17-6-9-20(10-7-17)27-12-13-28-21-11-8-19(23)14-18(21)15-25-26-22(29)24-5-2/h6-11,14-16H,4-5,12-13H2,1-3H3,(H2,24,26,29). The van der Waals surface area contributed by atoms with Crippen molar-refractivity contribution in [2.45, 2.75) is 33.1 Å². The Hall–Kier alpha value is -2.31. The van der Waals surface area contributed by atoms with Crippen LogP contribution in [0.5, 0.6) is 11.5 Å². The predicted octanol–water partition coefficient (Wildman–Crippen LogP) is 5.13. The quantitative estimate of drug-likeness (QED) is 0.235. The molecule has 0 saturated heterocycles. The fourth-order valence-corrected chi connectivity index (χ4v) is 2.93. The van der Waals surface area contributed by atoms with Crippen LogP contribution in [0, 0.1) is 0 Å². The van der Waals surface area contributed by atoms with Gasteiger partial charge < -0.3 is 14.8 Å². The third kappa shape index (κ3) is 7.91. The molecule has 5 nitrogen and oxygen atoms in total. The van der Waals surface area contributed by atoms with E-state index in [4.69, 9.17) is 33.3 Å². The van der Waals surface area contributed by atoms with Gasteiger partial charge in [-0.3, -0.25) is 5.43 Å². The van der Waals surface area contributed by atoms with Gasteiger partial charge in [0.1, 0.15) is 24.7 Å². The van der Waals surface area contributed by atoms with Gasteiger partial charge in [-0.15, -0.1) is 0 Å². The van der Waals surface area contributed by atoms with Crippen molar-refractivity contribution in [3.63, 3.8) is 0 Å². The Balaban J connectivity index is 1.87. The fraction of sp³-hybridized carbons (Fsp3) is 0.364. The average molecular weight is 434 g/mol. The first-order chi connectivity index (χ1) is 14.0. The number of benzene rings is 2. The van der Waals surface area contributed by atoms with Gasteiger partial charge in [0.15, 0.2) is 5.11 Å². The second-order valence-corrected chi connectivity index (χ2v) is 7.33. The van der Waals surface area contributed by atoms with Gasteiger partial charge in [-0.1, -0.05) is 37.6 Å². The van der Waals surface area contributed by atoms with Crippen LogP contribution >= 0.6 is 23.8 Å². The summed E-state index contributed by atoms with van der Waals surface area (Å²) in [6.45, 7) is 7.94. The van der Waals surface area contributed by atoms with Crippen LogP contribution in [-0.4, -0.2) is 31.1 Å². The summed E-state index contributed by atoms with van der Waals surface area (Å²) in [6, 6.07) is 13.6. The average Bonchev–Trinajstić information content (AvgIpc) is 2.72. The number of nitrogens with zero attached hydrogens (tertiary/aromatic N) is 1. The number of ether oxygens (including phenoxy) is 2. The largest absolute Gasteiger partial charge is 0.490 e. The maximum absolute atomic E-state index is 6.09. The second kappa shape index (κ2) is 12.3. The molecule has 7 heteroatoms. The van der Waals surface area contributed by atoms with Crippen molar-refractivity contribution in [2.75, 3.05) is 19.8 Å². The molecule has 1 atom stereocenters. The normalized spacial score (nSPS) is 11.9. The second-order valence-electron chi connectivity index (χ2n) is 6.49. The van der Waals surface area contributed by atoms with Gasteiger partial charge in [0, 0.05) is 17.1 Å². The number of hydrazone groups is 1. The van der Waals surface area contributed by atoms with E-state index in [0.29, 0.717) is 35.0 Å². The SMILES string of the molecule is CCNC(=S)NN=Cc1cc(Cl)ccc1OCCOc1ccc(C(C)CC)cc1. The Bertz CT molecular complexity index is 812. The molecule has 2 rings (SSSR count). The first-order valence-electron chi connectivity index (χ1n) is 9.75. The summed E-state index contributed by atoms with van der Waals surface area (Å²) in [4.78, 5) is 0. The smallest absolute Gasteiger partial charge is 0.186 e. The van der Waals surface area contributed by atoms with Crippen LogP contribution in [0.2, 0.25) is 5.02 Å². The monoisotopic (exact) mass is 433 g/mol. The van der Waals surface area contributed by atoms with Gasteiger partial charge in [0.2, 0.25) is 0 Å². The van der Waals surface area contributed by atoms with Crippen LogP contribution in [0.25, 0.3) is 0 Å². The Labute approximate surface area is 183 Å². The van der Waals surface area contributed by atoms with Crippen molar-refractivity contribution in [3.05, 3.63) is 58.6 Å². The van der Waals surface area contributed by atoms with Gasteiger partial charge in [-0.2, -0.15) is 5.10 Å². The van der Waals surface area contributed by atoms with E-state index in [9.17, 15) is 0 Å². The van der Waals surface area contributed by atoms with Gasteiger partial charge in [0.05, 0.1) is 6.21 Å². The topological polar surface area (TPSA) is 54.9 Å². The lowest BCUT2D eigenvalue weighted by Crippen LogP contribution is -2.31. The van der Waals surface area contributed by atoms with E-state index in [1.54, 1.807) is 18.3 Å². The third-order valence-electron chi connectivity index (χ3n) is 4.35. The molecule has 2 aromatic rings. The van der Waals surface area contributed by atoms with Crippen LogP contribution in [0.1, 0.15) is 44.2 Å². The minimum Gasteiger partial charge on any atom is -0.490 e. The van der Waals surface area contributed by atoms with Crippen LogP contribution in [0.15, 0.2) is 47.6 Å². The molecular formula is C22H28ClN3O2S. The highest BCUT2D eigenvalue weighted by Gasteiger charge is 2.05. The highest BCUT2D eigenvalue weighted by molar-refractivity contribution is 7.80. The molecule has 29 heavy (non-hydrogen) atoms. The summed E-state index contributed by atoms with van der Waals surface area (Å²) in [5.41, 5.74) is 4.83. The van der Waals surface area contributed by atoms with E-state index in [-0.39, 0.29) is 0 Å². The van der Waals surface area contributed by atoms with Gasteiger partial charge >= 0.3 is 0 Å². The lowest BCUT2D eigenvalue weighted by molar-refractivity contribution is 0.217. The molecule has 1 unspecified atom stereocenters. The molecule has 0 saturated carbocycles. The van der Waals surface area contributed by atoms with E-state index in [1.165, 1.54) is 5.56 Å². The predicted molar refractivity (Wildman–Crippen MR) is 125 cm³/mol. The van der Waals surface area contributed by atoms with Crippen LogP contribution < -0.4 is 20.2 Å². The van der Waals surface area contributed by atoms with E-state index in [1.807, 2.05) is 25.1 Å². The number of hydrogen-bond donors (Lipinski definition) is 2. The molecule has 0 aliphatic heterocycles. The summed E-state index contributed by atoms with van der Waals surface area (Å²) in [5, 5.41) is 8.14. The maximum Gasteiger partial charge on any atom is 0.186 e. The molecule has 0 aliphatic carbocycles. The first-order valence-corrected chi connectivity index (χ1v) is 10.5. The van der Waals surface area contributed by atoms with Gasteiger partial charge in [-0.25, -0.2) is 0 Å². The number of hydrogen-bond acceptors (Lipinski definition) is 4. The van der Waals surface area contributed by atoms with Crippen molar-refractivity contribution in [1.29, 1.82) is 0 Å². The number of thiocarbonyl (C=S) groups is 1. The summed E-state index contributed by atoms with van der Waals surface area (Å²) in [7, 11) is 0. The van der Waals surface area contributed by atoms with Gasteiger partial charge in [0.25, 0.3) is 0 Å². The summed E-state index contributed by atoms with van der Waals surface area (Å²) in [5.74, 6) is 2.06. The number of nitrogens with one attached hydrogen (secondary N) is 2. The molecule has 0 aromatic heterocycles. The zero-order chi connectivity index (χ0) is 21.1. The van der Waals surface area contributed by atoms with Gasteiger partial charge in [-0.05, 0) is 67.4 Å². The molecule has 0 fully saturated rings. The van der Waals surface area contributed by atoms with Crippen LogP contribution in [-0.2, 0) is 0 Å². The van der Waals surface area contributed by atoms with Crippen molar-refractivity contribution >= 4 is 35.1 Å². The molecule has 156 valence electrons. The minimum absolute atomic E-state index is 0.402. The lowest BCUT2D eigenvalue weighted by Gasteiger charge is -2.12. The summed E-state index contributed by atoms with van der Waals surface area (Å²) >= 11 is 11.2. The van der Waals surface area contributed by atoms with E-state index >= 15 is 0 Å². The van der Waals surface area contributed by atoms with Crippen molar-refractivity contribution in [2.24, 2.45) is 5.10 Å². The zero-order valence-electron chi connectivity index (χ0n) is 17.1. The molecule has 2 N–H and O–H groups in total. The molecule has 2 aromatic carbocycles. The van der Waals surface area contributed by atoms with E-state index in [2.05, 4.69) is 41.8 Å². The number of rotatable bonds is 10. The summed E-state index contributed by atoms with van der Waals surface area (Å²) < 4.78 is 11.6. The Kier molecular flexibility index (Phi) is 9.74. The van der Waals surface area contributed by atoms with Crippen LogP contribution in [0.4, 0.5) is 0 Å². The van der Waals surface area contributed by atoms with Crippen molar-refractivity contribution in [3.8, 4) is 11.5 Å². The molecular weight excluding hydrogens is 406 g/mol. The fourth-order valence-electron chi connectivity index (χ4n) is 2.55. The molecule has 0 spiro atoms. The van der Waals surface area contributed by atoms with E-state index in [0.717, 1.165) is 24.3 Å². The highest BCUT2D eigenvalue weighted by atomic mass is 35.5. The minimum atomic E-state index is 0.402. The molecule has 0 heterocycles. The Morgan fingerprint density at radius 1 is 1.14 bits per heavy atom. The van der Waals surface area contributed by atoms with Crippen LogP contribution in [0.3, 0.4) is 0 Å².